The first kappa shape index (κ1) is 14.1. The number of hydrogen-bond donors (Lipinski definition) is 0. The fraction of sp³-hybridized carbons (Fsp3) is 0.615. The van der Waals surface area contributed by atoms with Crippen molar-refractivity contribution in [3.63, 3.8) is 0 Å². The Morgan fingerprint density at radius 2 is 2.24 bits per heavy atom. The Kier molecular flexibility index (Phi) is 5.56. The molecule has 0 atom stereocenters. The minimum atomic E-state index is 0.0377. The lowest BCUT2D eigenvalue weighted by Gasteiger charge is -2.26. The molecule has 0 N–H and O–H groups in total. The van der Waals surface area contributed by atoms with Crippen LogP contribution in [-0.4, -0.2) is 29.3 Å². The van der Waals surface area contributed by atoms with E-state index in [1.54, 1.807) is 12.3 Å². The minimum Gasteiger partial charge on any atom is -0.469 e. The Morgan fingerprint density at radius 3 is 2.76 bits per heavy atom. The summed E-state index contributed by atoms with van der Waals surface area (Å²) in [5, 5.41) is 0. The van der Waals surface area contributed by atoms with E-state index in [0.717, 1.165) is 18.6 Å². The van der Waals surface area contributed by atoms with Gasteiger partial charge in [0.2, 0.25) is 0 Å². The van der Waals surface area contributed by atoms with Crippen molar-refractivity contribution in [1.82, 2.24) is 4.90 Å². The first-order valence-corrected chi connectivity index (χ1v) is 6.58. The highest BCUT2D eigenvalue weighted by Gasteiger charge is 2.21. The fourth-order valence-corrected chi connectivity index (χ4v) is 1.90. The van der Waals surface area contributed by atoms with Crippen LogP contribution in [0.2, 0.25) is 0 Å². The molecule has 1 rings (SSSR count). The van der Waals surface area contributed by atoms with Gasteiger partial charge < -0.3 is 9.32 Å². The van der Waals surface area contributed by atoms with E-state index < -0.39 is 0 Å². The maximum absolute atomic E-state index is 12.4. The number of halogens is 1. The lowest BCUT2D eigenvalue weighted by Crippen LogP contribution is -2.38. The summed E-state index contributed by atoms with van der Waals surface area (Å²) in [6.45, 7) is 6.69. The molecule has 1 heterocycles. The predicted molar refractivity (Wildman–Crippen MR) is 69.6 cm³/mol. The summed E-state index contributed by atoms with van der Waals surface area (Å²) in [5.41, 5.74) is 0.677. The largest absolute Gasteiger partial charge is 0.469 e. The molecule has 3 nitrogen and oxygen atoms in total. The number of amides is 1. The molecule has 0 bridgehead atoms. The third-order valence-electron chi connectivity index (χ3n) is 2.71. The normalized spacial score (nSPS) is 10.9. The maximum atomic E-state index is 12.4. The predicted octanol–water partition coefficient (Wildman–Crippen LogP) is 3.32. The smallest absolute Gasteiger partial charge is 0.257 e. The van der Waals surface area contributed by atoms with Crippen LogP contribution in [0.4, 0.5) is 0 Å². The Labute approximate surface area is 108 Å². The molecule has 17 heavy (non-hydrogen) atoms. The van der Waals surface area contributed by atoms with Gasteiger partial charge in [0, 0.05) is 24.9 Å². The van der Waals surface area contributed by atoms with Crippen LogP contribution in [0.5, 0.6) is 0 Å². The second-order valence-electron chi connectivity index (χ2n) is 4.25. The van der Waals surface area contributed by atoms with Crippen LogP contribution in [0.3, 0.4) is 0 Å². The van der Waals surface area contributed by atoms with Gasteiger partial charge in [0.25, 0.3) is 5.91 Å². The number of aryl methyl sites for hydroxylation is 1. The molecule has 1 aromatic rings. The van der Waals surface area contributed by atoms with Gasteiger partial charge in [-0.15, -0.1) is 11.6 Å². The molecule has 0 aromatic carbocycles. The van der Waals surface area contributed by atoms with Crippen LogP contribution in [0, 0.1) is 0 Å². The van der Waals surface area contributed by atoms with Gasteiger partial charge in [-0.1, -0.05) is 6.92 Å². The van der Waals surface area contributed by atoms with Gasteiger partial charge in [-0.05, 0) is 26.3 Å². The molecule has 1 amide bonds. The first-order valence-electron chi connectivity index (χ1n) is 6.05. The van der Waals surface area contributed by atoms with Crippen LogP contribution in [0.1, 0.15) is 43.3 Å². The highest BCUT2D eigenvalue weighted by atomic mass is 35.5. The molecule has 0 fully saturated rings. The molecule has 0 saturated heterocycles. The quantitative estimate of drug-likeness (QED) is 0.733. The van der Waals surface area contributed by atoms with Crippen LogP contribution < -0.4 is 0 Å². The van der Waals surface area contributed by atoms with E-state index in [0.29, 0.717) is 18.0 Å². The lowest BCUT2D eigenvalue weighted by molar-refractivity contribution is 0.0704. The third kappa shape index (κ3) is 3.50. The summed E-state index contributed by atoms with van der Waals surface area (Å²) >= 11 is 5.68. The van der Waals surface area contributed by atoms with Crippen molar-refractivity contribution in [3.05, 3.63) is 23.7 Å². The zero-order valence-corrected chi connectivity index (χ0v) is 11.5. The molecule has 0 aliphatic carbocycles. The first-order chi connectivity index (χ1) is 8.11. The van der Waals surface area contributed by atoms with Gasteiger partial charge in [-0.3, -0.25) is 4.79 Å². The van der Waals surface area contributed by atoms with Crippen molar-refractivity contribution in [2.24, 2.45) is 0 Å². The molecular weight excluding hydrogens is 238 g/mol. The summed E-state index contributed by atoms with van der Waals surface area (Å²) in [6, 6.07) is 1.92. The molecule has 0 aliphatic heterocycles. The standard InChI is InChI=1S/C13H20ClNO2/c1-4-12-11(6-9-17-12)13(16)15(10(2)3)8-5-7-14/h6,9-10H,4-5,7-8H2,1-3H3. The third-order valence-corrected chi connectivity index (χ3v) is 2.98. The highest BCUT2D eigenvalue weighted by Crippen LogP contribution is 2.16. The zero-order valence-electron chi connectivity index (χ0n) is 10.7. The van der Waals surface area contributed by atoms with Crippen LogP contribution in [-0.2, 0) is 6.42 Å². The maximum Gasteiger partial charge on any atom is 0.257 e. The highest BCUT2D eigenvalue weighted by molar-refractivity contribution is 6.17. The average molecular weight is 258 g/mol. The Balaban J connectivity index is 2.84. The van der Waals surface area contributed by atoms with E-state index >= 15 is 0 Å². The van der Waals surface area contributed by atoms with Gasteiger partial charge in [-0.25, -0.2) is 0 Å². The van der Waals surface area contributed by atoms with Crippen molar-refractivity contribution in [1.29, 1.82) is 0 Å². The number of furan rings is 1. The lowest BCUT2D eigenvalue weighted by atomic mass is 10.1. The number of rotatable bonds is 6. The Bertz CT molecular complexity index is 360. The van der Waals surface area contributed by atoms with Gasteiger partial charge >= 0.3 is 0 Å². The number of carbonyl (C=O) groups is 1. The van der Waals surface area contributed by atoms with E-state index in [1.807, 2.05) is 25.7 Å². The number of carbonyl (C=O) groups excluding carboxylic acids is 1. The second-order valence-corrected chi connectivity index (χ2v) is 4.62. The topological polar surface area (TPSA) is 33.5 Å². The van der Waals surface area contributed by atoms with E-state index in [1.165, 1.54) is 0 Å². The molecule has 0 radical (unpaired) electrons. The number of alkyl halides is 1. The number of nitrogens with zero attached hydrogens (tertiary/aromatic N) is 1. The van der Waals surface area contributed by atoms with Crippen molar-refractivity contribution in [2.75, 3.05) is 12.4 Å². The molecule has 96 valence electrons. The molecule has 0 saturated carbocycles. The van der Waals surface area contributed by atoms with Gasteiger partial charge in [0.05, 0.1) is 11.8 Å². The van der Waals surface area contributed by atoms with Crippen molar-refractivity contribution >= 4 is 17.5 Å². The van der Waals surface area contributed by atoms with Crippen LogP contribution >= 0.6 is 11.6 Å². The Morgan fingerprint density at radius 1 is 1.53 bits per heavy atom. The van der Waals surface area contributed by atoms with Crippen molar-refractivity contribution < 1.29 is 9.21 Å². The number of hydrogen-bond acceptors (Lipinski definition) is 2. The average Bonchev–Trinajstić information content (AvgIpc) is 2.76. The summed E-state index contributed by atoms with van der Waals surface area (Å²) in [4.78, 5) is 14.2. The van der Waals surface area contributed by atoms with E-state index in [-0.39, 0.29) is 11.9 Å². The fourth-order valence-electron chi connectivity index (χ4n) is 1.78. The Hall–Kier alpha value is -0.960. The summed E-state index contributed by atoms with van der Waals surface area (Å²) in [7, 11) is 0. The van der Waals surface area contributed by atoms with Crippen molar-refractivity contribution in [3.8, 4) is 0 Å². The molecule has 4 heteroatoms. The van der Waals surface area contributed by atoms with E-state index in [2.05, 4.69) is 0 Å². The zero-order chi connectivity index (χ0) is 12.8. The SMILES string of the molecule is CCc1occc1C(=O)N(CCCCl)C(C)C. The van der Waals surface area contributed by atoms with Gasteiger partial charge in [0.1, 0.15) is 5.76 Å². The molecular formula is C13H20ClNO2. The molecule has 0 unspecified atom stereocenters. The van der Waals surface area contributed by atoms with Crippen molar-refractivity contribution in [2.45, 2.75) is 39.7 Å². The van der Waals surface area contributed by atoms with E-state index in [4.69, 9.17) is 16.0 Å². The minimum absolute atomic E-state index is 0.0377. The molecule has 1 aromatic heterocycles. The summed E-state index contributed by atoms with van der Waals surface area (Å²) < 4.78 is 5.30. The molecule has 0 aliphatic rings. The summed E-state index contributed by atoms with van der Waals surface area (Å²) in [6.07, 6.45) is 3.12. The summed E-state index contributed by atoms with van der Waals surface area (Å²) in [5.74, 6) is 1.37. The van der Waals surface area contributed by atoms with Gasteiger partial charge in [0.15, 0.2) is 0 Å². The molecule has 0 spiro atoms. The van der Waals surface area contributed by atoms with Crippen LogP contribution in [0.25, 0.3) is 0 Å². The monoisotopic (exact) mass is 257 g/mol. The van der Waals surface area contributed by atoms with E-state index in [9.17, 15) is 4.79 Å². The second kappa shape index (κ2) is 6.70. The van der Waals surface area contributed by atoms with Gasteiger partial charge in [-0.2, -0.15) is 0 Å². The van der Waals surface area contributed by atoms with Crippen LogP contribution in [0.15, 0.2) is 16.7 Å².